The summed E-state index contributed by atoms with van der Waals surface area (Å²) in [5, 5.41) is 3.06. The van der Waals surface area contributed by atoms with Crippen molar-refractivity contribution in [2.24, 2.45) is 0 Å². The molecule has 8 heteroatoms. The number of hydrogen-bond acceptors (Lipinski definition) is 4. The number of anilines is 1. The second-order valence-electron chi connectivity index (χ2n) is 5.54. The third-order valence-electron chi connectivity index (χ3n) is 3.62. The molecule has 0 atom stereocenters. The van der Waals surface area contributed by atoms with E-state index in [0.29, 0.717) is 23.0 Å². The molecule has 0 aliphatic carbocycles. The average molecular weight is 359 g/mol. The molecule has 0 spiro atoms. The van der Waals surface area contributed by atoms with Gasteiger partial charge in [0.1, 0.15) is 5.82 Å². The molecule has 134 valence electrons. The number of nitrogens with zero attached hydrogens (tertiary/aromatic N) is 1. The van der Waals surface area contributed by atoms with Crippen LogP contribution in [0, 0.1) is 11.6 Å². The maximum Gasteiger partial charge on any atom is 0.258 e. The van der Waals surface area contributed by atoms with Crippen LogP contribution in [0.2, 0.25) is 0 Å². The van der Waals surface area contributed by atoms with E-state index >= 15 is 0 Å². The normalized spacial score (nSPS) is 10.7. The van der Waals surface area contributed by atoms with Crippen molar-refractivity contribution in [3.63, 3.8) is 0 Å². The van der Waals surface area contributed by atoms with E-state index in [1.54, 1.807) is 18.2 Å². The van der Waals surface area contributed by atoms with Crippen molar-refractivity contribution in [2.45, 2.75) is 12.8 Å². The van der Waals surface area contributed by atoms with Crippen LogP contribution in [0.1, 0.15) is 12.8 Å². The van der Waals surface area contributed by atoms with Crippen molar-refractivity contribution in [2.75, 3.05) is 11.9 Å². The lowest BCUT2D eigenvalue weighted by Crippen LogP contribution is -2.14. The van der Waals surface area contributed by atoms with Gasteiger partial charge in [-0.25, -0.2) is 13.8 Å². The summed E-state index contributed by atoms with van der Waals surface area (Å²) in [6.07, 6.45) is 1.80. The largest absolute Gasteiger partial charge is 0.491 e. The Morgan fingerprint density at radius 2 is 2.04 bits per heavy atom. The number of carbonyl (C=O) groups is 1. The standard InChI is InChI=1S/C18H15F2N3O3/c19-11-3-6-16(14(20)8-11)26-7-1-2-17(24)23-12-4-5-15-13(9-12)18(25)22-10-21-15/h3-6,8-10H,1-2,7H2,(H,23,24)(H,21,22,25). The minimum Gasteiger partial charge on any atom is -0.491 e. The van der Waals surface area contributed by atoms with Gasteiger partial charge >= 0.3 is 0 Å². The van der Waals surface area contributed by atoms with E-state index in [0.717, 1.165) is 12.1 Å². The van der Waals surface area contributed by atoms with E-state index in [2.05, 4.69) is 15.3 Å². The topological polar surface area (TPSA) is 84.1 Å². The Bertz CT molecular complexity index is 1000. The molecule has 0 saturated heterocycles. The molecule has 2 N–H and O–H groups in total. The van der Waals surface area contributed by atoms with Crippen molar-refractivity contribution in [3.8, 4) is 5.75 Å². The summed E-state index contributed by atoms with van der Waals surface area (Å²) in [5.74, 6) is -1.80. The summed E-state index contributed by atoms with van der Waals surface area (Å²) >= 11 is 0. The average Bonchev–Trinajstić information content (AvgIpc) is 2.61. The fourth-order valence-electron chi connectivity index (χ4n) is 2.38. The Labute approximate surface area is 146 Å². The summed E-state index contributed by atoms with van der Waals surface area (Å²) in [6, 6.07) is 7.87. The molecular formula is C18H15F2N3O3. The molecule has 0 unspecified atom stereocenters. The van der Waals surface area contributed by atoms with Gasteiger partial charge in [-0.2, -0.15) is 0 Å². The number of amides is 1. The highest BCUT2D eigenvalue weighted by atomic mass is 19.1. The van der Waals surface area contributed by atoms with Crippen LogP contribution in [0.3, 0.4) is 0 Å². The molecule has 0 radical (unpaired) electrons. The molecule has 0 saturated carbocycles. The number of halogens is 2. The number of fused-ring (bicyclic) bond motifs is 1. The predicted molar refractivity (Wildman–Crippen MR) is 92.1 cm³/mol. The molecule has 0 fully saturated rings. The fourth-order valence-corrected chi connectivity index (χ4v) is 2.38. The maximum atomic E-state index is 13.4. The van der Waals surface area contributed by atoms with Gasteiger partial charge in [0.15, 0.2) is 11.6 Å². The van der Waals surface area contributed by atoms with Gasteiger partial charge in [0.25, 0.3) is 5.56 Å². The van der Waals surface area contributed by atoms with Crippen molar-refractivity contribution in [1.29, 1.82) is 0 Å². The third-order valence-corrected chi connectivity index (χ3v) is 3.62. The quantitative estimate of drug-likeness (QED) is 0.663. The maximum absolute atomic E-state index is 13.4. The van der Waals surface area contributed by atoms with Crippen LogP contribution in [0.4, 0.5) is 14.5 Å². The molecular weight excluding hydrogens is 344 g/mol. The summed E-state index contributed by atoms with van der Waals surface area (Å²) in [5.41, 5.74) is 0.716. The number of nitrogens with one attached hydrogen (secondary N) is 2. The number of aromatic amines is 1. The van der Waals surface area contributed by atoms with Gasteiger partial charge in [0, 0.05) is 18.2 Å². The number of carbonyl (C=O) groups excluding carboxylic acids is 1. The van der Waals surface area contributed by atoms with Crippen molar-refractivity contribution >= 4 is 22.5 Å². The molecule has 0 aliphatic rings. The molecule has 26 heavy (non-hydrogen) atoms. The lowest BCUT2D eigenvalue weighted by molar-refractivity contribution is -0.116. The van der Waals surface area contributed by atoms with Gasteiger partial charge in [-0.3, -0.25) is 9.59 Å². The van der Waals surface area contributed by atoms with Gasteiger partial charge in [-0.15, -0.1) is 0 Å². The van der Waals surface area contributed by atoms with Crippen LogP contribution in [0.15, 0.2) is 47.5 Å². The Kier molecular flexibility index (Phi) is 5.21. The number of rotatable bonds is 6. The first kappa shape index (κ1) is 17.5. The highest BCUT2D eigenvalue weighted by molar-refractivity contribution is 5.93. The number of H-pyrrole nitrogens is 1. The molecule has 6 nitrogen and oxygen atoms in total. The van der Waals surface area contributed by atoms with Crippen LogP contribution >= 0.6 is 0 Å². The van der Waals surface area contributed by atoms with E-state index in [-0.39, 0.29) is 30.2 Å². The first-order valence-electron chi connectivity index (χ1n) is 7.88. The Morgan fingerprint density at radius 1 is 1.19 bits per heavy atom. The number of hydrogen-bond donors (Lipinski definition) is 2. The first-order valence-corrected chi connectivity index (χ1v) is 7.88. The van der Waals surface area contributed by atoms with Gasteiger partial charge in [0.05, 0.1) is 23.8 Å². The predicted octanol–water partition coefficient (Wildman–Crippen LogP) is 3.00. The highest BCUT2D eigenvalue weighted by Gasteiger charge is 2.07. The summed E-state index contributed by atoms with van der Waals surface area (Å²) in [6.45, 7) is 0.108. The van der Waals surface area contributed by atoms with Gasteiger partial charge in [-0.05, 0) is 36.8 Å². The Hall–Kier alpha value is -3.29. The second kappa shape index (κ2) is 7.73. The van der Waals surface area contributed by atoms with Crippen LogP contribution in [0.5, 0.6) is 5.75 Å². The second-order valence-corrected chi connectivity index (χ2v) is 5.54. The number of benzene rings is 2. The molecule has 1 heterocycles. The minimum atomic E-state index is -0.788. The minimum absolute atomic E-state index is 0.0620. The van der Waals surface area contributed by atoms with Crippen LogP contribution in [-0.4, -0.2) is 22.5 Å². The number of aromatic nitrogens is 2. The van der Waals surface area contributed by atoms with E-state index in [4.69, 9.17) is 4.74 Å². The molecule has 2 aromatic carbocycles. The van der Waals surface area contributed by atoms with E-state index in [1.165, 1.54) is 12.4 Å². The molecule has 1 amide bonds. The summed E-state index contributed by atoms with van der Waals surface area (Å²) in [4.78, 5) is 30.2. The monoisotopic (exact) mass is 359 g/mol. The van der Waals surface area contributed by atoms with Crippen molar-refractivity contribution in [1.82, 2.24) is 9.97 Å². The van der Waals surface area contributed by atoms with E-state index in [1.807, 2.05) is 0 Å². The Balaban J connectivity index is 1.51. The van der Waals surface area contributed by atoms with Crippen molar-refractivity contribution in [3.05, 3.63) is 64.7 Å². The smallest absolute Gasteiger partial charge is 0.258 e. The lowest BCUT2D eigenvalue weighted by Gasteiger charge is -2.08. The zero-order chi connectivity index (χ0) is 18.5. The first-order chi connectivity index (χ1) is 12.5. The molecule has 0 bridgehead atoms. The third kappa shape index (κ3) is 4.21. The highest BCUT2D eigenvalue weighted by Crippen LogP contribution is 2.18. The molecule has 1 aromatic heterocycles. The van der Waals surface area contributed by atoms with Gasteiger partial charge in [0.2, 0.25) is 5.91 Å². The van der Waals surface area contributed by atoms with Crippen LogP contribution < -0.4 is 15.6 Å². The molecule has 3 rings (SSSR count). The summed E-state index contributed by atoms with van der Waals surface area (Å²) in [7, 11) is 0. The van der Waals surface area contributed by atoms with Crippen molar-refractivity contribution < 1.29 is 18.3 Å². The van der Waals surface area contributed by atoms with Crippen LogP contribution in [0.25, 0.3) is 10.9 Å². The lowest BCUT2D eigenvalue weighted by atomic mass is 10.2. The fraction of sp³-hybridized carbons (Fsp3) is 0.167. The van der Waals surface area contributed by atoms with Gasteiger partial charge in [-0.1, -0.05) is 0 Å². The zero-order valence-corrected chi connectivity index (χ0v) is 13.6. The summed E-state index contributed by atoms with van der Waals surface area (Å²) < 4.78 is 31.4. The molecule has 0 aliphatic heterocycles. The SMILES string of the molecule is O=C(CCCOc1ccc(F)cc1F)Nc1ccc2nc[nH]c(=O)c2c1. The Morgan fingerprint density at radius 3 is 2.85 bits per heavy atom. The molecule has 3 aromatic rings. The van der Waals surface area contributed by atoms with E-state index in [9.17, 15) is 18.4 Å². The number of ether oxygens (including phenoxy) is 1. The van der Waals surface area contributed by atoms with E-state index < -0.39 is 11.6 Å². The van der Waals surface area contributed by atoms with Crippen LogP contribution in [-0.2, 0) is 4.79 Å². The van der Waals surface area contributed by atoms with Gasteiger partial charge < -0.3 is 15.0 Å². The zero-order valence-electron chi connectivity index (χ0n) is 13.6.